The van der Waals surface area contributed by atoms with Gasteiger partial charge in [-0.25, -0.2) is 0 Å². The van der Waals surface area contributed by atoms with Crippen LogP contribution in [0.15, 0.2) is 206 Å². The molecule has 0 saturated heterocycles. The van der Waals surface area contributed by atoms with Crippen LogP contribution in [0, 0.1) is 0 Å². The summed E-state index contributed by atoms with van der Waals surface area (Å²) in [6.45, 7) is 0. The SMILES string of the molecule is c1ccc(-c2ccc(-c3cc(-n4c5ccccc5c5ccc(-c6cccc7c6c6ccccc6n7-c6ccccc6)cc54)cc4c3sc3ccccc34)cc2)cc1. The van der Waals surface area contributed by atoms with Crippen molar-refractivity contribution in [3.8, 4) is 44.8 Å². The van der Waals surface area contributed by atoms with Crippen molar-refractivity contribution >= 4 is 75.1 Å². The van der Waals surface area contributed by atoms with Gasteiger partial charge in [0.25, 0.3) is 0 Å². The van der Waals surface area contributed by atoms with Crippen molar-refractivity contribution in [3.05, 3.63) is 206 Å². The van der Waals surface area contributed by atoms with E-state index in [-0.39, 0.29) is 0 Å². The second-order valence-corrected chi connectivity index (χ2v) is 15.9. The van der Waals surface area contributed by atoms with Gasteiger partial charge in [0.15, 0.2) is 0 Å². The summed E-state index contributed by atoms with van der Waals surface area (Å²) in [5, 5.41) is 7.61. The topological polar surface area (TPSA) is 9.86 Å². The van der Waals surface area contributed by atoms with Gasteiger partial charge in [-0.3, -0.25) is 0 Å². The molecule has 266 valence electrons. The van der Waals surface area contributed by atoms with Crippen LogP contribution in [0.4, 0.5) is 0 Å². The Labute approximate surface area is 333 Å². The first kappa shape index (κ1) is 32.1. The van der Waals surface area contributed by atoms with Crippen LogP contribution in [-0.2, 0) is 0 Å². The molecule has 2 nitrogen and oxygen atoms in total. The third-order valence-electron chi connectivity index (χ3n) is 11.7. The van der Waals surface area contributed by atoms with Crippen LogP contribution in [0.3, 0.4) is 0 Å². The molecule has 0 aliphatic heterocycles. The Morgan fingerprint density at radius 3 is 1.68 bits per heavy atom. The molecule has 12 aromatic rings. The lowest BCUT2D eigenvalue weighted by molar-refractivity contribution is 1.18. The number of nitrogens with zero attached hydrogens (tertiary/aromatic N) is 2. The van der Waals surface area contributed by atoms with Gasteiger partial charge < -0.3 is 9.13 Å². The van der Waals surface area contributed by atoms with E-state index in [9.17, 15) is 0 Å². The lowest BCUT2D eigenvalue weighted by atomic mass is 9.98. The minimum atomic E-state index is 1.16. The normalized spacial score (nSPS) is 11.9. The van der Waals surface area contributed by atoms with E-state index in [1.165, 1.54) is 103 Å². The molecule has 3 aromatic heterocycles. The smallest absolute Gasteiger partial charge is 0.0547 e. The van der Waals surface area contributed by atoms with Gasteiger partial charge in [0.1, 0.15) is 0 Å². The van der Waals surface area contributed by atoms with Gasteiger partial charge in [-0.1, -0.05) is 152 Å². The Morgan fingerprint density at radius 1 is 0.298 bits per heavy atom. The summed E-state index contributed by atoms with van der Waals surface area (Å²) >= 11 is 1.89. The zero-order valence-corrected chi connectivity index (χ0v) is 31.7. The Hall–Kier alpha value is -7.20. The van der Waals surface area contributed by atoms with Crippen LogP contribution in [0.5, 0.6) is 0 Å². The van der Waals surface area contributed by atoms with Gasteiger partial charge in [-0.2, -0.15) is 0 Å². The van der Waals surface area contributed by atoms with Crippen LogP contribution in [-0.4, -0.2) is 9.13 Å². The van der Waals surface area contributed by atoms with E-state index in [0.717, 1.165) is 5.69 Å². The molecule has 0 N–H and O–H groups in total. The van der Waals surface area contributed by atoms with Crippen molar-refractivity contribution in [2.45, 2.75) is 0 Å². The van der Waals surface area contributed by atoms with Gasteiger partial charge in [0, 0.05) is 58.7 Å². The summed E-state index contributed by atoms with van der Waals surface area (Å²) in [7, 11) is 0. The summed E-state index contributed by atoms with van der Waals surface area (Å²) in [5.41, 5.74) is 14.5. The van der Waals surface area contributed by atoms with Crippen LogP contribution in [0.2, 0.25) is 0 Å². The Kier molecular flexibility index (Phi) is 7.13. The Bertz CT molecular complexity index is 3490. The highest BCUT2D eigenvalue weighted by Gasteiger charge is 2.20. The number of benzene rings is 9. The first-order valence-electron chi connectivity index (χ1n) is 19.5. The fourth-order valence-corrected chi connectivity index (χ4v) is 10.4. The third kappa shape index (κ3) is 4.96. The molecule has 0 fully saturated rings. The summed E-state index contributed by atoms with van der Waals surface area (Å²) < 4.78 is 7.52. The summed E-state index contributed by atoms with van der Waals surface area (Å²) in [6.07, 6.45) is 0. The van der Waals surface area contributed by atoms with Gasteiger partial charge in [-0.05, 0) is 82.4 Å². The maximum atomic E-state index is 2.50. The Morgan fingerprint density at radius 2 is 0.877 bits per heavy atom. The standard InChI is InChI=1S/C54H34N2S/c1-3-14-35(15-4-1)36-26-28-37(29-27-36)46-33-40(34-47-44-19-9-12-25-52(44)57-54(46)47)56-48-22-10-7-18-42(48)43-31-30-38(32-51(43)56)41-21-13-24-50-53(41)45-20-8-11-23-49(45)55(50)39-16-5-2-6-17-39/h1-34H. The van der Waals surface area contributed by atoms with E-state index in [1.807, 2.05) is 11.3 Å². The molecular formula is C54H34N2S. The molecule has 9 aromatic carbocycles. The predicted octanol–water partition coefficient (Wildman–Crippen LogP) is 15.2. The number of hydrogen-bond donors (Lipinski definition) is 0. The molecule has 3 heteroatoms. The average molecular weight is 743 g/mol. The van der Waals surface area contributed by atoms with Gasteiger partial charge in [-0.15, -0.1) is 11.3 Å². The van der Waals surface area contributed by atoms with Crippen LogP contribution in [0.25, 0.3) is 109 Å². The molecule has 0 bridgehead atoms. The van der Waals surface area contributed by atoms with Crippen LogP contribution < -0.4 is 0 Å². The second-order valence-electron chi connectivity index (χ2n) is 14.9. The lowest BCUT2D eigenvalue weighted by Gasteiger charge is -2.14. The first-order valence-corrected chi connectivity index (χ1v) is 20.3. The highest BCUT2D eigenvalue weighted by Crippen LogP contribution is 2.45. The monoisotopic (exact) mass is 742 g/mol. The van der Waals surface area contributed by atoms with Gasteiger partial charge in [0.2, 0.25) is 0 Å². The zero-order valence-electron chi connectivity index (χ0n) is 30.9. The summed E-state index contributed by atoms with van der Waals surface area (Å²) in [4.78, 5) is 0. The highest BCUT2D eigenvalue weighted by atomic mass is 32.1. The van der Waals surface area contributed by atoms with E-state index in [2.05, 4.69) is 215 Å². The van der Waals surface area contributed by atoms with Gasteiger partial charge in [0.05, 0.1) is 22.1 Å². The van der Waals surface area contributed by atoms with E-state index in [4.69, 9.17) is 0 Å². The fraction of sp³-hybridized carbons (Fsp3) is 0. The number of thiophene rings is 1. The van der Waals surface area contributed by atoms with Crippen LogP contribution in [0.1, 0.15) is 0 Å². The maximum absolute atomic E-state index is 2.50. The number of rotatable bonds is 5. The van der Waals surface area contributed by atoms with E-state index < -0.39 is 0 Å². The summed E-state index contributed by atoms with van der Waals surface area (Å²) in [6, 6.07) is 75.7. The molecule has 0 atom stereocenters. The van der Waals surface area contributed by atoms with Crippen LogP contribution >= 0.6 is 11.3 Å². The molecule has 0 saturated carbocycles. The minimum absolute atomic E-state index is 1.16. The van der Waals surface area contributed by atoms with E-state index in [1.54, 1.807) is 0 Å². The molecule has 3 heterocycles. The molecule has 57 heavy (non-hydrogen) atoms. The van der Waals surface area contributed by atoms with Gasteiger partial charge >= 0.3 is 0 Å². The molecule has 0 unspecified atom stereocenters. The molecule has 0 spiro atoms. The first-order chi connectivity index (χ1) is 28.3. The molecule has 0 aliphatic rings. The molecule has 0 aliphatic carbocycles. The maximum Gasteiger partial charge on any atom is 0.0547 e. The largest absolute Gasteiger partial charge is 0.309 e. The molecular weight excluding hydrogens is 709 g/mol. The average Bonchev–Trinajstić information content (AvgIpc) is 3.94. The predicted molar refractivity (Wildman–Crippen MR) is 244 cm³/mol. The van der Waals surface area contributed by atoms with Crippen molar-refractivity contribution in [2.24, 2.45) is 0 Å². The number of aromatic nitrogens is 2. The fourth-order valence-electron chi connectivity index (χ4n) is 9.16. The quantitative estimate of drug-likeness (QED) is 0.166. The third-order valence-corrected chi connectivity index (χ3v) is 12.9. The van der Waals surface area contributed by atoms with E-state index in [0.29, 0.717) is 0 Å². The second kappa shape index (κ2) is 12.7. The molecule has 0 amide bonds. The van der Waals surface area contributed by atoms with Crippen molar-refractivity contribution in [1.82, 2.24) is 9.13 Å². The van der Waals surface area contributed by atoms with E-state index >= 15 is 0 Å². The summed E-state index contributed by atoms with van der Waals surface area (Å²) in [5.74, 6) is 0. The lowest BCUT2D eigenvalue weighted by Crippen LogP contribution is -1.95. The number of para-hydroxylation sites is 3. The zero-order chi connectivity index (χ0) is 37.5. The van der Waals surface area contributed by atoms with Crippen molar-refractivity contribution in [2.75, 3.05) is 0 Å². The minimum Gasteiger partial charge on any atom is -0.309 e. The molecule has 0 radical (unpaired) electrons. The number of hydrogen-bond acceptors (Lipinski definition) is 1. The number of fused-ring (bicyclic) bond motifs is 9. The Balaban J connectivity index is 1.11. The van der Waals surface area contributed by atoms with Crippen molar-refractivity contribution < 1.29 is 0 Å². The van der Waals surface area contributed by atoms with Crippen molar-refractivity contribution in [1.29, 1.82) is 0 Å². The highest BCUT2D eigenvalue weighted by molar-refractivity contribution is 7.26. The molecule has 12 rings (SSSR count). The van der Waals surface area contributed by atoms with Crippen molar-refractivity contribution in [3.63, 3.8) is 0 Å².